The third-order valence-corrected chi connectivity index (χ3v) is 2.26. The topological polar surface area (TPSA) is 12.2 Å². The van der Waals surface area contributed by atoms with Crippen LogP contribution in [0.15, 0.2) is 0 Å². The zero-order chi connectivity index (χ0) is 6.81. The van der Waals surface area contributed by atoms with Crippen LogP contribution >= 0.6 is 0 Å². The Morgan fingerprint density at radius 1 is 1.10 bits per heavy atom. The van der Waals surface area contributed by atoms with E-state index >= 15 is 0 Å². The Hall–Kier alpha value is -0.530. The molecule has 0 fully saturated rings. The molecule has 0 aromatic heterocycles. The molecule has 2 rings (SSSR count). The van der Waals surface area contributed by atoms with Crippen LogP contribution in [-0.2, 0) is 4.74 Å². The van der Waals surface area contributed by atoms with Gasteiger partial charge in [-0.2, -0.15) is 0 Å². The van der Waals surface area contributed by atoms with E-state index in [9.17, 15) is 0 Å². The van der Waals surface area contributed by atoms with Gasteiger partial charge >= 0.3 is 5.90 Å². The summed E-state index contributed by atoms with van der Waals surface area (Å²) < 4.78 is 7.92. The first-order valence-corrected chi connectivity index (χ1v) is 4.20. The molecule has 10 heavy (non-hydrogen) atoms. The largest absolute Gasteiger partial charge is 0.448 e. The van der Waals surface area contributed by atoms with Crippen molar-refractivity contribution in [1.82, 2.24) is 0 Å². The quantitative estimate of drug-likeness (QED) is 0.457. The summed E-state index contributed by atoms with van der Waals surface area (Å²) in [4.78, 5) is 0. The Morgan fingerprint density at radius 2 is 2.00 bits per heavy atom. The van der Waals surface area contributed by atoms with Gasteiger partial charge in [0.05, 0.1) is 13.0 Å². The van der Waals surface area contributed by atoms with Crippen LogP contribution in [0.25, 0.3) is 0 Å². The highest BCUT2D eigenvalue weighted by atomic mass is 16.5. The van der Waals surface area contributed by atoms with Gasteiger partial charge in [-0.1, -0.05) is 0 Å². The number of ether oxygens (including phenoxy) is 1. The second-order valence-electron chi connectivity index (χ2n) is 3.04. The SMILES string of the molecule is C1CC[N+]2=C(C1)OCCC2. The first-order chi connectivity index (χ1) is 4.97. The van der Waals surface area contributed by atoms with E-state index in [0.29, 0.717) is 0 Å². The van der Waals surface area contributed by atoms with Gasteiger partial charge in [-0.05, 0) is 6.42 Å². The maximum atomic E-state index is 5.52. The molecule has 0 N–H and O–H groups in total. The third kappa shape index (κ3) is 1.02. The minimum absolute atomic E-state index is 0.950. The highest BCUT2D eigenvalue weighted by molar-refractivity contribution is 5.71. The molecule has 2 aliphatic heterocycles. The summed E-state index contributed by atoms with van der Waals surface area (Å²) in [7, 11) is 0. The summed E-state index contributed by atoms with van der Waals surface area (Å²) in [6.45, 7) is 3.41. The van der Waals surface area contributed by atoms with Crippen LogP contribution in [0, 0.1) is 0 Å². The van der Waals surface area contributed by atoms with Crippen molar-refractivity contribution in [2.24, 2.45) is 0 Å². The fourth-order valence-electron chi connectivity index (χ4n) is 1.71. The van der Waals surface area contributed by atoms with E-state index in [1.165, 1.54) is 44.7 Å². The maximum absolute atomic E-state index is 5.52. The Labute approximate surface area is 61.5 Å². The van der Waals surface area contributed by atoms with E-state index in [1.807, 2.05) is 0 Å². The first kappa shape index (κ1) is 6.20. The fraction of sp³-hybridized carbons (Fsp3) is 0.875. The molecule has 0 spiro atoms. The Balaban J connectivity index is 2.14. The average molecular weight is 140 g/mol. The summed E-state index contributed by atoms with van der Waals surface area (Å²) in [5.74, 6) is 1.26. The summed E-state index contributed by atoms with van der Waals surface area (Å²) >= 11 is 0. The predicted octanol–water partition coefficient (Wildman–Crippen LogP) is 1.00. The summed E-state index contributed by atoms with van der Waals surface area (Å²) in [6.07, 6.45) is 5.07. The van der Waals surface area contributed by atoms with Crippen molar-refractivity contribution in [2.45, 2.75) is 25.7 Å². The number of nitrogens with zero attached hydrogens (tertiary/aromatic N) is 1. The summed E-state index contributed by atoms with van der Waals surface area (Å²) in [5, 5.41) is 0. The van der Waals surface area contributed by atoms with Crippen molar-refractivity contribution in [3.05, 3.63) is 0 Å². The van der Waals surface area contributed by atoms with Crippen molar-refractivity contribution in [2.75, 3.05) is 19.7 Å². The molecule has 0 aromatic carbocycles. The normalized spacial score (nSPS) is 25.6. The zero-order valence-electron chi connectivity index (χ0n) is 6.31. The lowest BCUT2D eigenvalue weighted by atomic mass is 10.1. The van der Waals surface area contributed by atoms with E-state index in [2.05, 4.69) is 4.58 Å². The second-order valence-corrected chi connectivity index (χ2v) is 3.04. The number of hydrogen-bond donors (Lipinski definition) is 0. The lowest BCUT2D eigenvalue weighted by molar-refractivity contribution is -0.549. The van der Waals surface area contributed by atoms with Gasteiger partial charge in [-0.3, -0.25) is 0 Å². The van der Waals surface area contributed by atoms with Crippen molar-refractivity contribution < 1.29 is 9.31 Å². The van der Waals surface area contributed by atoms with Crippen LogP contribution in [0.2, 0.25) is 0 Å². The monoisotopic (exact) mass is 140 g/mol. The van der Waals surface area contributed by atoms with Crippen LogP contribution in [-0.4, -0.2) is 30.2 Å². The van der Waals surface area contributed by atoms with Crippen LogP contribution in [0.4, 0.5) is 0 Å². The molecular weight excluding hydrogens is 126 g/mol. The molecule has 0 amide bonds. The van der Waals surface area contributed by atoms with Crippen LogP contribution in [0.3, 0.4) is 0 Å². The minimum Gasteiger partial charge on any atom is -0.448 e. The molecule has 0 bridgehead atoms. The molecule has 0 aliphatic carbocycles. The van der Waals surface area contributed by atoms with Gasteiger partial charge in [-0.15, -0.1) is 0 Å². The molecule has 0 radical (unpaired) electrons. The predicted molar refractivity (Wildman–Crippen MR) is 39.4 cm³/mol. The number of rotatable bonds is 0. The Morgan fingerprint density at radius 3 is 2.90 bits per heavy atom. The first-order valence-electron chi connectivity index (χ1n) is 4.20. The average Bonchev–Trinajstić information content (AvgIpc) is 2.05. The molecule has 0 unspecified atom stereocenters. The maximum Gasteiger partial charge on any atom is 0.336 e. The van der Waals surface area contributed by atoms with Gasteiger partial charge < -0.3 is 4.74 Å². The summed E-state index contributed by atoms with van der Waals surface area (Å²) in [6, 6.07) is 0. The molecule has 2 heterocycles. The van der Waals surface area contributed by atoms with Gasteiger partial charge in [0.2, 0.25) is 0 Å². The smallest absolute Gasteiger partial charge is 0.336 e. The third-order valence-electron chi connectivity index (χ3n) is 2.26. The molecular formula is C8H14NO+. The van der Waals surface area contributed by atoms with Gasteiger partial charge in [-0.25, -0.2) is 4.58 Å². The highest BCUT2D eigenvalue weighted by Crippen LogP contribution is 2.10. The van der Waals surface area contributed by atoms with Gasteiger partial charge in [0.15, 0.2) is 0 Å². The van der Waals surface area contributed by atoms with Crippen molar-refractivity contribution in [1.29, 1.82) is 0 Å². The summed E-state index contributed by atoms with van der Waals surface area (Å²) in [5.41, 5.74) is 0. The molecule has 2 heteroatoms. The lowest BCUT2D eigenvalue weighted by Gasteiger charge is -2.18. The van der Waals surface area contributed by atoms with Crippen molar-refractivity contribution >= 4 is 5.90 Å². The van der Waals surface area contributed by atoms with Gasteiger partial charge in [0.25, 0.3) is 0 Å². The lowest BCUT2D eigenvalue weighted by Crippen LogP contribution is -2.34. The van der Waals surface area contributed by atoms with Crippen LogP contribution in [0.1, 0.15) is 25.7 Å². The van der Waals surface area contributed by atoms with E-state index in [4.69, 9.17) is 4.74 Å². The van der Waals surface area contributed by atoms with Crippen molar-refractivity contribution in [3.8, 4) is 0 Å². The Kier molecular flexibility index (Phi) is 1.61. The van der Waals surface area contributed by atoms with E-state index in [0.717, 1.165) is 6.61 Å². The molecule has 0 atom stereocenters. The van der Waals surface area contributed by atoms with Crippen LogP contribution in [0.5, 0.6) is 0 Å². The fourth-order valence-corrected chi connectivity index (χ4v) is 1.71. The molecule has 56 valence electrons. The standard InChI is InChI=1S/C8H14NO/c1-2-5-9-6-3-7-10-8(9)4-1/h1-7H2/q+1. The van der Waals surface area contributed by atoms with E-state index < -0.39 is 0 Å². The molecule has 0 saturated heterocycles. The molecule has 0 saturated carbocycles. The second kappa shape index (κ2) is 2.60. The van der Waals surface area contributed by atoms with Crippen LogP contribution < -0.4 is 0 Å². The van der Waals surface area contributed by atoms with E-state index in [-0.39, 0.29) is 0 Å². The molecule has 2 nitrogen and oxygen atoms in total. The van der Waals surface area contributed by atoms with Gasteiger partial charge in [0.1, 0.15) is 13.1 Å². The Bertz CT molecular complexity index is 129. The molecule has 2 aliphatic rings. The number of hydrogen-bond acceptors (Lipinski definition) is 1. The molecule has 0 aromatic rings. The highest BCUT2D eigenvalue weighted by Gasteiger charge is 2.23. The van der Waals surface area contributed by atoms with E-state index in [1.54, 1.807) is 0 Å². The van der Waals surface area contributed by atoms with Crippen molar-refractivity contribution in [3.63, 3.8) is 0 Å². The zero-order valence-corrected chi connectivity index (χ0v) is 6.31. The minimum atomic E-state index is 0.950. The van der Waals surface area contributed by atoms with Gasteiger partial charge in [0, 0.05) is 12.8 Å².